The van der Waals surface area contributed by atoms with Gasteiger partial charge in [0, 0.05) is 48.7 Å². The highest BCUT2D eigenvalue weighted by atomic mass is 16.6. The minimum absolute atomic E-state index is 0.233. The number of hydrogen-bond acceptors (Lipinski definition) is 9. The standard InChI is InChI=1S/C28H34O9/c1-8-9-20(31)36-19-11-10-13(2)12-18-21(14(3)27(32)35-18)24(34-17(6)30)22-15(4)23(33-16(5)29)25-26(37-25)28(19,22)7/h10-12,15,19,22-26H,2,8-9H2,1,3-7H3/b11-10-,18-12+/t15-,19+,22-,23+,24-,25+,26+,28-/m1/s1. The second-order valence-corrected chi connectivity index (χ2v) is 10.4. The zero-order valence-electron chi connectivity index (χ0n) is 22.1. The maximum absolute atomic E-state index is 12.8. The van der Waals surface area contributed by atoms with Gasteiger partial charge >= 0.3 is 23.9 Å². The van der Waals surface area contributed by atoms with Crippen LogP contribution in [-0.2, 0) is 42.9 Å². The first-order valence-electron chi connectivity index (χ1n) is 12.6. The van der Waals surface area contributed by atoms with E-state index >= 15 is 0 Å². The molecule has 0 spiro atoms. The van der Waals surface area contributed by atoms with Crippen LogP contribution in [0.1, 0.15) is 54.4 Å². The number of rotatable bonds is 5. The van der Waals surface area contributed by atoms with Crippen molar-refractivity contribution in [1.82, 2.24) is 0 Å². The second-order valence-electron chi connectivity index (χ2n) is 10.4. The highest BCUT2D eigenvalue weighted by Crippen LogP contribution is 2.60. The third-order valence-corrected chi connectivity index (χ3v) is 7.78. The summed E-state index contributed by atoms with van der Waals surface area (Å²) in [7, 11) is 0. The first-order valence-corrected chi connectivity index (χ1v) is 12.6. The molecule has 0 unspecified atom stereocenters. The number of allylic oxidation sites excluding steroid dienone is 3. The number of carbonyl (C=O) groups is 4. The number of esters is 4. The van der Waals surface area contributed by atoms with Crippen molar-refractivity contribution in [2.45, 2.75) is 84.9 Å². The summed E-state index contributed by atoms with van der Waals surface area (Å²) in [5.74, 6) is -2.72. The zero-order chi connectivity index (χ0) is 27.2. The van der Waals surface area contributed by atoms with Gasteiger partial charge < -0.3 is 23.7 Å². The predicted octanol–water partition coefficient (Wildman–Crippen LogP) is 3.48. The lowest BCUT2D eigenvalue weighted by molar-refractivity contribution is -0.177. The van der Waals surface area contributed by atoms with E-state index in [2.05, 4.69) is 6.58 Å². The molecule has 2 aliphatic heterocycles. The van der Waals surface area contributed by atoms with Gasteiger partial charge in [0.1, 0.15) is 30.2 Å². The minimum Gasteiger partial charge on any atom is -0.459 e. The molecule has 0 radical (unpaired) electrons. The molecule has 1 saturated heterocycles. The Labute approximate surface area is 216 Å². The Bertz CT molecular complexity index is 1130. The smallest absolute Gasteiger partial charge is 0.339 e. The zero-order valence-corrected chi connectivity index (χ0v) is 22.1. The molecular formula is C28H34O9. The van der Waals surface area contributed by atoms with E-state index in [0.717, 1.165) is 0 Å². The van der Waals surface area contributed by atoms with Crippen LogP contribution in [0.25, 0.3) is 0 Å². The molecule has 0 aromatic heterocycles. The molecule has 0 aromatic carbocycles. The van der Waals surface area contributed by atoms with Gasteiger partial charge in [0.25, 0.3) is 0 Å². The summed E-state index contributed by atoms with van der Waals surface area (Å²) >= 11 is 0. The van der Waals surface area contributed by atoms with Crippen LogP contribution in [0.2, 0.25) is 0 Å². The fourth-order valence-corrected chi connectivity index (χ4v) is 6.14. The van der Waals surface area contributed by atoms with E-state index in [1.54, 1.807) is 25.2 Å². The summed E-state index contributed by atoms with van der Waals surface area (Å²) in [5.41, 5.74) is 0.290. The summed E-state index contributed by atoms with van der Waals surface area (Å²) in [6, 6.07) is 0. The first kappa shape index (κ1) is 26.9. The highest BCUT2D eigenvalue weighted by molar-refractivity contribution is 5.94. The molecule has 0 bridgehead atoms. The molecule has 0 aromatic rings. The average molecular weight is 515 g/mol. The van der Waals surface area contributed by atoms with Gasteiger partial charge in [0.05, 0.1) is 6.10 Å². The quantitative estimate of drug-likeness (QED) is 0.309. The molecule has 4 aliphatic rings. The molecule has 8 atom stereocenters. The molecule has 2 aliphatic carbocycles. The molecule has 2 fully saturated rings. The third kappa shape index (κ3) is 4.77. The van der Waals surface area contributed by atoms with Gasteiger partial charge in [-0.1, -0.05) is 33.4 Å². The van der Waals surface area contributed by atoms with Gasteiger partial charge in [-0.05, 0) is 31.1 Å². The van der Waals surface area contributed by atoms with E-state index in [1.165, 1.54) is 13.8 Å². The summed E-state index contributed by atoms with van der Waals surface area (Å²) in [6.45, 7) is 14.0. The fourth-order valence-electron chi connectivity index (χ4n) is 6.14. The lowest BCUT2D eigenvalue weighted by Crippen LogP contribution is -2.60. The van der Waals surface area contributed by atoms with Crippen LogP contribution in [0, 0.1) is 17.3 Å². The normalized spacial score (nSPS) is 38.6. The van der Waals surface area contributed by atoms with Crippen LogP contribution in [-0.4, -0.2) is 54.4 Å². The van der Waals surface area contributed by atoms with E-state index in [0.29, 0.717) is 23.1 Å². The van der Waals surface area contributed by atoms with E-state index in [9.17, 15) is 19.2 Å². The van der Waals surface area contributed by atoms with E-state index in [-0.39, 0.29) is 18.1 Å². The molecule has 0 amide bonds. The van der Waals surface area contributed by atoms with Crippen LogP contribution in [0.5, 0.6) is 0 Å². The van der Waals surface area contributed by atoms with Crippen molar-refractivity contribution in [2.75, 3.05) is 0 Å². The van der Waals surface area contributed by atoms with E-state index in [1.807, 2.05) is 20.8 Å². The van der Waals surface area contributed by atoms with Crippen molar-refractivity contribution < 1.29 is 42.9 Å². The number of hydrogen-bond donors (Lipinski definition) is 0. The Hall–Kier alpha value is -3.20. The number of carbonyl (C=O) groups excluding carboxylic acids is 4. The van der Waals surface area contributed by atoms with Gasteiger partial charge in [-0.25, -0.2) is 4.79 Å². The molecule has 9 heteroatoms. The topological polar surface area (TPSA) is 118 Å². The summed E-state index contributed by atoms with van der Waals surface area (Å²) in [4.78, 5) is 49.9. The SMILES string of the molecule is C=C1/C=C\[C@H](OC(=O)CCC)[C@]2(C)[C@H]([C@@H](C)[C@H](OC(C)=O)[C@@H]3O[C@@H]32)[C@H](OC(C)=O)C2=C(C)C(=O)O/C2=C/1. The lowest BCUT2D eigenvalue weighted by atomic mass is 9.56. The van der Waals surface area contributed by atoms with Crippen molar-refractivity contribution in [3.63, 3.8) is 0 Å². The molecule has 9 nitrogen and oxygen atoms in total. The minimum atomic E-state index is -0.981. The lowest BCUT2D eigenvalue weighted by Gasteiger charge is -2.50. The molecule has 0 N–H and O–H groups in total. The Balaban J connectivity index is 1.95. The van der Waals surface area contributed by atoms with E-state index < -0.39 is 65.7 Å². The monoisotopic (exact) mass is 514 g/mol. The molecular weight excluding hydrogens is 480 g/mol. The van der Waals surface area contributed by atoms with Crippen LogP contribution in [0.3, 0.4) is 0 Å². The Morgan fingerprint density at radius 1 is 1.14 bits per heavy atom. The van der Waals surface area contributed by atoms with Crippen molar-refractivity contribution in [2.24, 2.45) is 17.3 Å². The molecule has 37 heavy (non-hydrogen) atoms. The fraction of sp³-hybridized carbons (Fsp3) is 0.571. The predicted molar refractivity (Wildman–Crippen MR) is 130 cm³/mol. The van der Waals surface area contributed by atoms with Crippen molar-refractivity contribution in [3.05, 3.63) is 47.3 Å². The maximum Gasteiger partial charge on any atom is 0.339 e. The van der Waals surface area contributed by atoms with Crippen LogP contribution in [0.15, 0.2) is 47.3 Å². The number of ether oxygens (including phenoxy) is 5. The molecule has 4 rings (SSSR count). The van der Waals surface area contributed by atoms with Crippen LogP contribution in [0.4, 0.5) is 0 Å². The van der Waals surface area contributed by atoms with Crippen molar-refractivity contribution in [3.8, 4) is 0 Å². The second kappa shape index (κ2) is 9.93. The first-order chi connectivity index (χ1) is 17.4. The largest absolute Gasteiger partial charge is 0.459 e. The maximum atomic E-state index is 12.8. The van der Waals surface area contributed by atoms with Gasteiger partial charge in [-0.3, -0.25) is 14.4 Å². The summed E-state index contributed by atoms with van der Waals surface area (Å²) < 4.78 is 29.3. The highest BCUT2D eigenvalue weighted by Gasteiger charge is 2.71. The third-order valence-electron chi connectivity index (χ3n) is 7.78. The van der Waals surface area contributed by atoms with E-state index in [4.69, 9.17) is 23.7 Å². The van der Waals surface area contributed by atoms with Crippen LogP contribution < -0.4 is 0 Å². The summed E-state index contributed by atoms with van der Waals surface area (Å²) in [5, 5.41) is 0. The number of epoxide rings is 1. The van der Waals surface area contributed by atoms with Crippen molar-refractivity contribution >= 4 is 23.9 Å². The average Bonchev–Trinajstić information content (AvgIpc) is 3.55. The Morgan fingerprint density at radius 2 is 1.81 bits per heavy atom. The van der Waals surface area contributed by atoms with Crippen molar-refractivity contribution in [1.29, 1.82) is 0 Å². The van der Waals surface area contributed by atoms with Gasteiger partial charge in [0.15, 0.2) is 0 Å². The van der Waals surface area contributed by atoms with Gasteiger partial charge in [0.2, 0.25) is 0 Å². The molecule has 2 heterocycles. The summed E-state index contributed by atoms with van der Waals surface area (Å²) in [6.07, 6.45) is 2.62. The van der Waals surface area contributed by atoms with Gasteiger partial charge in [-0.15, -0.1) is 0 Å². The molecule has 200 valence electrons. The Kier molecular flexibility index (Phi) is 7.21. The number of fused-ring (bicyclic) bond motifs is 4. The molecule has 1 saturated carbocycles. The van der Waals surface area contributed by atoms with Gasteiger partial charge in [-0.2, -0.15) is 0 Å². The van der Waals surface area contributed by atoms with Crippen LogP contribution >= 0.6 is 0 Å². The Morgan fingerprint density at radius 3 is 2.43 bits per heavy atom.